The molecule has 0 aliphatic rings. The predicted octanol–water partition coefficient (Wildman–Crippen LogP) is 10.7. The van der Waals surface area contributed by atoms with Gasteiger partial charge in [-0.2, -0.15) is 10.5 Å². The molecule has 4 heteroatoms. The molecule has 0 spiro atoms. The number of rotatable bonds is 3. The molecule has 0 unspecified atom stereocenters. The molecule has 0 saturated carbocycles. The van der Waals surface area contributed by atoms with Gasteiger partial charge in [0.25, 0.3) is 0 Å². The highest BCUT2D eigenvalue weighted by Gasteiger charge is 2.21. The highest BCUT2D eigenvalue weighted by atomic mass is 32.1. The molecule has 0 atom stereocenters. The Labute approximate surface area is 245 Å². The standard InChI is InChI=1S/C38H20N2OS/c39-21-23-8-5-9-24(18-23)25-19-32(29-13-6-12-28-26-10-1-3-16-35(26)41-37(28)29)34(22-40)33(20-25)31-15-7-14-30-27-11-2-4-17-36(27)42-38(30)31/h1-20H. The van der Waals surface area contributed by atoms with Crippen LogP contribution in [0.15, 0.2) is 126 Å². The van der Waals surface area contributed by atoms with E-state index in [0.29, 0.717) is 11.1 Å². The summed E-state index contributed by atoms with van der Waals surface area (Å²) in [6.07, 6.45) is 0. The fraction of sp³-hybridized carbons (Fsp3) is 0. The van der Waals surface area contributed by atoms with Crippen LogP contribution in [0, 0.1) is 22.7 Å². The van der Waals surface area contributed by atoms with E-state index in [9.17, 15) is 10.5 Å². The van der Waals surface area contributed by atoms with Crippen LogP contribution >= 0.6 is 11.3 Å². The van der Waals surface area contributed by atoms with Gasteiger partial charge in [-0.1, -0.05) is 84.9 Å². The smallest absolute Gasteiger partial charge is 0.143 e. The molecule has 2 heterocycles. The zero-order valence-corrected chi connectivity index (χ0v) is 23.1. The molecule has 2 aromatic heterocycles. The van der Waals surface area contributed by atoms with E-state index in [1.54, 1.807) is 11.3 Å². The molecule has 3 nitrogen and oxygen atoms in total. The van der Waals surface area contributed by atoms with Crippen LogP contribution in [-0.2, 0) is 0 Å². The molecule has 6 aromatic carbocycles. The van der Waals surface area contributed by atoms with Crippen LogP contribution in [-0.4, -0.2) is 0 Å². The topological polar surface area (TPSA) is 60.7 Å². The normalized spacial score (nSPS) is 11.3. The number of nitrogens with zero attached hydrogens (tertiary/aromatic N) is 2. The molecule has 194 valence electrons. The zero-order chi connectivity index (χ0) is 28.2. The molecule has 0 saturated heterocycles. The number of furan rings is 1. The van der Waals surface area contributed by atoms with Crippen molar-refractivity contribution >= 4 is 53.4 Å². The van der Waals surface area contributed by atoms with Gasteiger partial charge in [-0.05, 0) is 47.5 Å². The van der Waals surface area contributed by atoms with Gasteiger partial charge in [-0.15, -0.1) is 11.3 Å². The lowest BCUT2D eigenvalue weighted by Gasteiger charge is -2.15. The number of fused-ring (bicyclic) bond motifs is 6. The second-order valence-corrected chi connectivity index (χ2v) is 11.4. The summed E-state index contributed by atoms with van der Waals surface area (Å²) in [5, 5.41) is 24.8. The molecule has 0 radical (unpaired) electrons. The molecule has 0 N–H and O–H groups in total. The van der Waals surface area contributed by atoms with Gasteiger partial charge in [-0.3, -0.25) is 0 Å². The minimum atomic E-state index is 0.589. The minimum absolute atomic E-state index is 0.589. The Balaban J connectivity index is 1.49. The molecule has 8 rings (SSSR count). The first-order chi connectivity index (χ1) is 20.7. The van der Waals surface area contributed by atoms with Gasteiger partial charge >= 0.3 is 0 Å². The Morgan fingerprint density at radius 1 is 0.524 bits per heavy atom. The van der Waals surface area contributed by atoms with Crippen molar-refractivity contribution in [3.8, 4) is 45.5 Å². The van der Waals surface area contributed by atoms with Crippen LogP contribution in [0.2, 0.25) is 0 Å². The molecule has 0 amide bonds. The molecule has 8 aromatic rings. The van der Waals surface area contributed by atoms with E-state index in [4.69, 9.17) is 4.42 Å². The summed E-state index contributed by atoms with van der Waals surface area (Å²) in [5.74, 6) is 0. The summed E-state index contributed by atoms with van der Waals surface area (Å²) < 4.78 is 8.78. The van der Waals surface area contributed by atoms with E-state index in [0.717, 1.165) is 60.0 Å². The van der Waals surface area contributed by atoms with Crippen LogP contribution in [0.25, 0.3) is 75.5 Å². The van der Waals surface area contributed by atoms with E-state index in [2.05, 4.69) is 78.9 Å². The molecule has 0 aliphatic carbocycles. The second kappa shape index (κ2) is 9.46. The summed E-state index contributed by atoms with van der Waals surface area (Å²) in [6, 6.07) is 45.5. The highest BCUT2D eigenvalue weighted by molar-refractivity contribution is 7.26. The van der Waals surface area contributed by atoms with Crippen molar-refractivity contribution in [1.29, 1.82) is 10.5 Å². The molecule has 0 bridgehead atoms. The average molecular weight is 553 g/mol. The van der Waals surface area contributed by atoms with Crippen LogP contribution < -0.4 is 0 Å². The lowest BCUT2D eigenvalue weighted by molar-refractivity contribution is 0.670. The van der Waals surface area contributed by atoms with Gasteiger partial charge in [0, 0.05) is 53.2 Å². The number of hydrogen-bond donors (Lipinski definition) is 0. The molecular formula is C38H20N2OS. The van der Waals surface area contributed by atoms with Crippen molar-refractivity contribution in [1.82, 2.24) is 0 Å². The number of benzene rings is 6. The maximum absolute atomic E-state index is 10.8. The van der Waals surface area contributed by atoms with Crippen LogP contribution in [0.3, 0.4) is 0 Å². The van der Waals surface area contributed by atoms with E-state index in [-0.39, 0.29) is 0 Å². The molecule has 0 fully saturated rings. The van der Waals surface area contributed by atoms with Crippen molar-refractivity contribution in [2.45, 2.75) is 0 Å². The van der Waals surface area contributed by atoms with E-state index >= 15 is 0 Å². The highest BCUT2D eigenvalue weighted by Crippen LogP contribution is 2.45. The van der Waals surface area contributed by atoms with Gasteiger partial charge in [0.1, 0.15) is 17.2 Å². The van der Waals surface area contributed by atoms with E-state index in [1.807, 2.05) is 54.6 Å². The fourth-order valence-electron chi connectivity index (χ4n) is 6.04. The zero-order valence-electron chi connectivity index (χ0n) is 22.3. The van der Waals surface area contributed by atoms with Gasteiger partial charge in [0.05, 0.1) is 17.2 Å². The van der Waals surface area contributed by atoms with Gasteiger partial charge in [0.15, 0.2) is 0 Å². The van der Waals surface area contributed by atoms with Gasteiger partial charge in [-0.25, -0.2) is 0 Å². The lowest BCUT2D eigenvalue weighted by Crippen LogP contribution is -1.93. The predicted molar refractivity (Wildman–Crippen MR) is 172 cm³/mol. The maximum atomic E-state index is 10.8. The second-order valence-electron chi connectivity index (χ2n) is 10.3. The Morgan fingerprint density at radius 3 is 2.05 bits per heavy atom. The van der Waals surface area contributed by atoms with Crippen molar-refractivity contribution in [2.24, 2.45) is 0 Å². The number of para-hydroxylation sites is 2. The maximum Gasteiger partial charge on any atom is 0.143 e. The third-order valence-electron chi connectivity index (χ3n) is 7.96. The van der Waals surface area contributed by atoms with E-state index < -0.39 is 0 Å². The average Bonchev–Trinajstić information content (AvgIpc) is 3.63. The van der Waals surface area contributed by atoms with Crippen molar-refractivity contribution in [3.63, 3.8) is 0 Å². The van der Waals surface area contributed by atoms with E-state index in [1.165, 1.54) is 15.5 Å². The summed E-state index contributed by atoms with van der Waals surface area (Å²) in [6.45, 7) is 0. The van der Waals surface area contributed by atoms with Gasteiger partial charge < -0.3 is 4.42 Å². The monoisotopic (exact) mass is 552 g/mol. The first-order valence-corrected chi connectivity index (χ1v) is 14.4. The SMILES string of the molecule is N#Cc1cccc(-c2cc(-c3cccc4c3oc3ccccc34)c(C#N)c(-c3cccc4c3sc3ccccc34)c2)c1. The lowest BCUT2D eigenvalue weighted by atomic mass is 9.87. The number of thiophene rings is 1. The third kappa shape index (κ3) is 3.64. The van der Waals surface area contributed by atoms with Gasteiger partial charge in [0.2, 0.25) is 0 Å². The number of hydrogen-bond acceptors (Lipinski definition) is 4. The van der Waals surface area contributed by atoms with Crippen LogP contribution in [0.4, 0.5) is 0 Å². The Hall–Kier alpha value is -5.68. The molecule has 42 heavy (non-hydrogen) atoms. The first kappa shape index (κ1) is 24.1. The van der Waals surface area contributed by atoms with Crippen molar-refractivity contribution < 1.29 is 4.42 Å². The minimum Gasteiger partial charge on any atom is -0.455 e. The third-order valence-corrected chi connectivity index (χ3v) is 9.18. The summed E-state index contributed by atoms with van der Waals surface area (Å²) in [7, 11) is 0. The largest absolute Gasteiger partial charge is 0.455 e. The Kier molecular flexibility index (Phi) is 5.44. The summed E-state index contributed by atoms with van der Waals surface area (Å²) >= 11 is 1.75. The Morgan fingerprint density at radius 2 is 1.21 bits per heavy atom. The van der Waals surface area contributed by atoms with Crippen LogP contribution in [0.1, 0.15) is 11.1 Å². The fourth-order valence-corrected chi connectivity index (χ4v) is 7.27. The Bertz CT molecular complexity index is 2310. The molecular weight excluding hydrogens is 532 g/mol. The molecule has 0 aliphatic heterocycles. The summed E-state index contributed by atoms with van der Waals surface area (Å²) in [5.41, 5.74) is 8.14. The van der Waals surface area contributed by atoms with Crippen LogP contribution in [0.5, 0.6) is 0 Å². The van der Waals surface area contributed by atoms with Crippen molar-refractivity contribution in [2.75, 3.05) is 0 Å². The van der Waals surface area contributed by atoms with Crippen molar-refractivity contribution in [3.05, 3.63) is 132 Å². The first-order valence-electron chi connectivity index (χ1n) is 13.6. The summed E-state index contributed by atoms with van der Waals surface area (Å²) in [4.78, 5) is 0. The quantitative estimate of drug-likeness (QED) is 0.219. The number of nitriles is 2.